The molecule has 86 valence electrons. The molecule has 0 saturated heterocycles. The zero-order valence-electron chi connectivity index (χ0n) is 10.6. The van der Waals surface area contributed by atoms with E-state index in [9.17, 15) is 0 Å². The molecule has 0 aromatic rings. The Balaban J connectivity index is 3.05. The maximum absolute atomic E-state index is 3.49. The molecule has 0 bridgehead atoms. The molecular formula is C13H29N. The van der Waals surface area contributed by atoms with Gasteiger partial charge in [-0.15, -0.1) is 0 Å². The first kappa shape index (κ1) is 14.0. The predicted octanol–water partition coefficient (Wildman–Crippen LogP) is 3.84. The van der Waals surface area contributed by atoms with Gasteiger partial charge in [0.15, 0.2) is 0 Å². The smallest absolute Gasteiger partial charge is 0.00258 e. The van der Waals surface area contributed by atoms with Crippen molar-refractivity contribution in [1.82, 2.24) is 5.32 Å². The molecule has 0 aromatic carbocycles. The van der Waals surface area contributed by atoms with Crippen LogP contribution in [-0.4, -0.2) is 13.1 Å². The molecule has 0 radical (unpaired) electrons. The summed E-state index contributed by atoms with van der Waals surface area (Å²) in [6, 6.07) is 0. The minimum atomic E-state index is 0.786. The minimum Gasteiger partial charge on any atom is -0.316 e. The first-order valence-electron chi connectivity index (χ1n) is 6.37. The van der Waals surface area contributed by atoms with Gasteiger partial charge in [0.1, 0.15) is 0 Å². The highest BCUT2D eigenvalue weighted by molar-refractivity contribution is 4.55. The average Bonchev–Trinajstić information content (AvgIpc) is 2.11. The lowest BCUT2D eigenvalue weighted by atomic mass is 9.99. The van der Waals surface area contributed by atoms with Gasteiger partial charge >= 0.3 is 0 Å². The zero-order valence-corrected chi connectivity index (χ0v) is 10.6. The fourth-order valence-corrected chi connectivity index (χ4v) is 1.77. The molecule has 1 heteroatoms. The second kappa shape index (κ2) is 9.51. The van der Waals surface area contributed by atoms with Crippen molar-refractivity contribution in [2.75, 3.05) is 13.1 Å². The van der Waals surface area contributed by atoms with E-state index >= 15 is 0 Å². The molecule has 0 aliphatic carbocycles. The lowest BCUT2D eigenvalue weighted by Crippen LogP contribution is -2.20. The van der Waals surface area contributed by atoms with Crippen molar-refractivity contribution in [3.63, 3.8) is 0 Å². The van der Waals surface area contributed by atoms with Gasteiger partial charge in [0.2, 0.25) is 0 Å². The molecular weight excluding hydrogens is 170 g/mol. The molecule has 0 rings (SSSR count). The minimum absolute atomic E-state index is 0.786. The molecule has 0 heterocycles. The third-order valence-electron chi connectivity index (χ3n) is 2.63. The van der Waals surface area contributed by atoms with Gasteiger partial charge in [0.25, 0.3) is 0 Å². The SMILES string of the molecule is CCCC(C)CCCCNCC(C)C. The highest BCUT2D eigenvalue weighted by Gasteiger charge is 1.99. The maximum Gasteiger partial charge on any atom is -0.00258 e. The van der Waals surface area contributed by atoms with Crippen LogP contribution in [0.4, 0.5) is 0 Å². The van der Waals surface area contributed by atoms with Gasteiger partial charge in [-0.2, -0.15) is 0 Å². The normalized spacial score (nSPS) is 13.5. The van der Waals surface area contributed by atoms with E-state index in [1.165, 1.54) is 45.2 Å². The number of rotatable bonds is 9. The Labute approximate surface area is 90.7 Å². The predicted molar refractivity (Wildman–Crippen MR) is 65.6 cm³/mol. The highest BCUT2D eigenvalue weighted by Crippen LogP contribution is 2.12. The lowest BCUT2D eigenvalue weighted by molar-refractivity contribution is 0.450. The van der Waals surface area contributed by atoms with Crippen molar-refractivity contribution in [2.24, 2.45) is 11.8 Å². The van der Waals surface area contributed by atoms with E-state index in [4.69, 9.17) is 0 Å². The molecule has 0 aliphatic rings. The summed E-state index contributed by atoms with van der Waals surface area (Å²) < 4.78 is 0. The van der Waals surface area contributed by atoms with Crippen LogP contribution in [0.5, 0.6) is 0 Å². The van der Waals surface area contributed by atoms with E-state index < -0.39 is 0 Å². The van der Waals surface area contributed by atoms with Crippen LogP contribution in [0.15, 0.2) is 0 Å². The molecule has 0 spiro atoms. The summed E-state index contributed by atoms with van der Waals surface area (Å²) >= 11 is 0. The monoisotopic (exact) mass is 199 g/mol. The zero-order chi connectivity index (χ0) is 10.8. The largest absolute Gasteiger partial charge is 0.316 e. The summed E-state index contributed by atoms with van der Waals surface area (Å²) in [4.78, 5) is 0. The number of hydrogen-bond donors (Lipinski definition) is 1. The van der Waals surface area contributed by atoms with Crippen molar-refractivity contribution in [3.05, 3.63) is 0 Å². The molecule has 0 aliphatic heterocycles. The van der Waals surface area contributed by atoms with Gasteiger partial charge in [-0.1, -0.05) is 53.4 Å². The third-order valence-corrected chi connectivity index (χ3v) is 2.63. The van der Waals surface area contributed by atoms with E-state index in [1.807, 2.05) is 0 Å². The second-order valence-corrected chi connectivity index (χ2v) is 4.99. The van der Waals surface area contributed by atoms with Crippen LogP contribution in [0, 0.1) is 11.8 Å². The summed E-state index contributed by atoms with van der Waals surface area (Å²) in [7, 11) is 0. The van der Waals surface area contributed by atoms with Crippen molar-refractivity contribution in [2.45, 2.75) is 59.8 Å². The van der Waals surface area contributed by atoms with Crippen molar-refractivity contribution < 1.29 is 0 Å². The standard InChI is InChI=1S/C13H29N/c1-5-8-13(4)9-6-7-10-14-11-12(2)3/h12-14H,5-11H2,1-4H3. The van der Waals surface area contributed by atoms with E-state index in [-0.39, 0.29) is 0 Å². The van der Waals surface area contributed by atoms with E-state index in [0.29, 0.717) is 0 Å². The second-order valence-electron chi connectivity index (χ2n) is 4.99. The van der Waals surface area contributed by atoms with Crippen molar-refractivity contribution >= 4 is 0 Å². The molecule has 0 fully saturated rings. The van der Waals surface area contributed by atoms with Crippen molar-refractivity contribution in [1.29, 1.82) is 0 Å². The molecule has 0 aromatic heterocycles. The van der Waals surface area contributed by atoms with Gasteiger partial charge in [-0.3, -0.25) is 0 Å². The van der Waals surface area contributed by atoms with Crippen molar-refractivity contribution in [3.8, 4) is 0 Å². The van der Waals surface area contributed by atoms with E-state index in [2.05, 4.69) is 33.0 Å². The Morgan fingerprint density at radius 1 is 1.00 bits per heavy atom. The summed E-state index contributed by atoms with van der Waals surface area (Å²) in [5, 5.41) is 3.49. The average molecular weight is 199 g/mol. The summed E-state index contributed by atoms with van der Waals surface area (Å²) in [6.45, 7) is 11.6. The first-order chi connectivity index (χ1) is 6.66. The van der Waals surface area contributed by atoms with Crippen LogP contribution in [0.1, 0.15) is 59.8 Å². The van der Waals surface area contributed by atoms with Crippen LogP contribution in [0.2, 0.25) is 0 Å². The first-order valence-corrected chi connectivity index (χ1v) is 6.37. The molecule has 1 unspecified atom stereocenters. The van der Waals surface area contributed by atoms with Gasteiger partial charge in [0.05, 0.1) is 0 Å². The Bertz CT molecular complexity index is 110. The molecule has 14 heavy (non-hydrogen) atoms. The number of hydrogen-bond acceptors (Lipinski definition) is 1. The van der Waals surface area contributed by atoms with Gasteiger partial charge in [-0.25, -0.2) is 0 Å². The summed E-state index contributed by atoms with van der Waals surface area (Å²) in [5.41, 5.74) is 0. The molecule has 1 atom stereocenters. The Morgan fingerprint density at radius 2 is 1.71 bits per heavy atom. The van der Waals surface area contributed by atoms with E-state index in [1.54, 1.807) is 0 Å². The van der Waals surface area contributed by atoms with Crippen LogP contribution >= 0.6 is 0 Å². The molecule has 1 N–H and O–H groups in total. The van der Waals surface area contributed by atoms with Gasteiger partial charge in [0, 0.05) is 0 Å². The van der Waals surface area contributed by atoms with Crippen LogP contribution in [0.25, 0.3) is 0 Å². The topological polar surface area (TPSA) is 12.0 Å². The fourth-order valence-electron chi connectivity index (χ4n) is 1.77. The lowest BCUT2D eigenvalue weighted by Gasteiger charge is -2.10. The molecule has 1 nitrogen and oxygen atoms in total. The van der Waals surface area contributed by atoms with Gasteiger partial charge in [-0.05, 0) is 31.3 Å². The molecule has 0 amide bonds. The Hall–Kier alpha value is -0.0400. The van der Waals surface area contributed by atoms with Crippen LogP contribution in [0.3, 0.4) is 0 Å². The Kier molecular flexibility index (Phi) is 9.49. The molecule has 0 saturated carbocycles. The number of unbranched alkanes of at least 4 members (excludes halogenated alkanes) is 1. The quantitative estimate of drug-likeness (QED) is 0.556. The van der Waals surface area contributed by atoms with Crippen LogP contribution in [-0.2, 0) is 0 Å². The highest BCUT2D eigenvalue weighted by atomic mass is 14.8. The van der Waals surface area contributed by atoms with Crippen LogP contribution < -0.4 is 5.32 Å². The Morgan fingerprint density at radius 3 is 2.29 bits per heavy atom. The summed E-state index contributed by atoms with van der Waals surface area (Å²) in [5.74, 6) is 1.72. The number of nitrogens with one attached hydrogen (secondary N) is 1. The van der Waals surface area contributed by atoms with Gasteiger partial charge < -0.3 is 5.32 Å². The third kappa shape index (κ3) is 10.0. The summed E-state index contributed by atoms with van der Waals surface area (Å²) in [6.07, 6.45) is 6.90. The van der Waals surface area contributed by atoms with E-state index in [0.717, 1.165) is 11.8 Å². The fraction of sp³-hybridized carbons (Fsp3) is 1.00. The maximum atomic E-state index is 3.49.